The summed E-state index contributed by atoms with van der Waals surface area (Å²) in [6.45, 7) is 11.7. The average molecular weight is 269 g/mol. The second-order valence-electron chi connectivity index (χ2n) is 5.75. The fraction of sp³-hybridized carbons (Fsp3) is 0.769. The van der Waals surface area contributed by atoms with Crippen LogP contribution >= 0.6 is 11.3 Å². The molecule has 2 rings (SSSR count). The van der Waals surface area contributed by atoms with Crippen LogP contribution in [0.15, 0.2) is 5.38 Å². The van der Waals surface area contributed by atoms with Crippen LogP contribution < -0.4 is 0 Å². The molecule has 4 nitrogen and oxygen atoms in total. The molecule has 1 aliphatic rings. The molecule has 0 atom stereocenters. The number of thiazole rings is 1. The molecule has 0 amide bonds. The summed E-state index contributed by atoms with van der Waals surface area (Å²) >= 11 is 1.75. The lowest BCUT2D eigenvalue weighted by Crippen LogP contribution is -2.50. The third-order valence-corrected chi connectivity index (χ3v) is 4.05. The van der Waals surface area contributed by atoms with Gasteiger partial charge in [-0.2, -0.15) is 0 Å². The van der Waals surface area contributed by atoms with E-state index in [4.69, 9.17) is 0 Å². The summed E-state index contributed by atoms with van der Waals surface area (Å²) in [4.78, 5) is 9.29. The molecule has 1 fully saturated rings. The summed E-state index contributed by atoms with van der Waals surface area (Å²) in [5.41, 5.74) is 0.532. The highest BCUT2D eigenvalue weighted by Crippen LogP contribution is 2.14. The standard InChI is InChI=1S/C13H23N3OS/c1-11-9-18-12(14-11)8-15-4-6-16(7-5-15)10-13(2,3)17/h9,17H,4-8,10H2,1-3H3. The number of aliphatic hydroxyl groups is 1. The van der Waals surface area contributed by atoms with Crippen LogP contribution in [0, 0.1) is 6.92 Å². The first-order chi connectivity index (χ1) is 8.42. The molecule has 2 heterocycles. The predicted molar refractivity (Wildman–Crippen MR) is 74.9 cm³/mol. The van der Waals surface area contributed by atoms with Gasteiger partial charge in [0.1, 0.15) is 5.01 Å². The molecule has 0 unspecified atom stereocenters. The van der Waals surface area contributed by atoms with E-state index < -0.39 is 5.60 Å². The summed E-state index contributed by atoms with van der Waals surface area (Å²) in [5.74, 6) is 0. The zero-order valence-electron chi connectivity index (χ0n) is 11.5. The minimum atomic E-state index is -0.589. The fourth-order valence-corrected chi connectivity index (χ4v) is 3.13. The molecule has 1 aromatic heterocycles. The van der Waals surface area contributed by atoms with Gasteiger partial charge in [0, 0.05) is 43.8 Å². The van der Waals surface area contributed by atoms with Gasteiger partial charge in [0.15, 0.2) is 0 Å². The smallest absolute Gasteiger partial charge is 0.107 e. The molecule has 0 aliphatic carbocycles. The van der Waals surface area contributed by atoms with Gasteiger partial charge in [-0.3, -0.25) is 9.80 Å². The number of rotatable bonds is 4. The third-order valence-electron chi connectivity index (χ3n) is 3.10. The Labute approximate surface area is 113 Å². The van der Waals surface area contributed by atoms with Gasteiger partial charge >= 0.3 is 0 Å². The predicted octanol–water partition coefficient (Wildman–Crippen LogP) is 1.34. The maximum Gasteiger partial charge on any atom is 0.107 e. The molecule has 0 saturated carbocycles. The monoisotopic (exact) mass is 269 g/mol. The second kappa shape index (κ2) is 5.65. The summed E-state index contributed by atoms with van der Waals surface area (Å²) in [7, 11) is 0. The van der Waals surface area contributed by atoms with Crippen LogP contribution in [-0.2, 0) is 6.54 Å². The van der Waals surface area contributed by atoms with Gasteiger partial charge in [0.25, 0.3) is 0 Å². The van der Waals surface area contributed by atoms with E-state index in [1.54, 1.807) is 11.3 Å². The molecule has 0 aromatic carbocycles. The molecule has 1 N–H and O–H groups in total. The Morgan fingerprint density at radius 1 is 1.28 bits per heavy atom. The first kappa shape index (κ1) is 13.9. The zero-order valence-corrected chi connectivity index (χ0v) is 12.3. The first-order valence-corrected chi connectivity index (χ1v) is 7.38. The Bertz CT molecular complexity index is 378. The topological polar surface area (TPSA) is 39.6 Å². The number of hydrogen-bond donors (Lipinski definition) is 1. The van der Waals surface area contributed by atoms with Gasteiger partial charge < -0.3 is 5.11 Å². The van der Waals surface area contributed by atoms with E-state index in [-0.39, 0.29) is 0 Å². The van der Waals surface area contributed by atoms with Crippen LogP contribution in [-0.4, -0.2) is 58.2 Å². The van der Waals surface area contributed by atoms with Crippen molar-refractivity contribution in [3.63, 3.8) is 0 Å². The molecule has 0 bridgehead atoms. The number of piperazine rings is 1. The van der Waals surface area contributed by atoms with Crippen LogP contribution in [0.2, 0.25) is 0 Å². The van der Waals surface area contributed by atoms with Gasteiger partial charge in [-0.15, -0.1) is 11.3 Å². The second-order valence-corrected chi connectivity index (χ2v) is 6.69. The summed E-state index contributed by atoms with van der Waals surface area (Å²) in [6.07, 6.45) is 0. The Kier molecular flexibility index (Phi) is 4.37. The third kappa shape index (κ3) is 4.31. The Morgan fingerprint density at radius 3 is 2.39 bits per heavy atom. The molecule has 1 aromatic rings. The number of β-amino-alcohol motifs (C(OH)–C–C–N with tert-alkyl or cyclic N) is 1. The van der Waals surface area contributed by atoms with Crippen LogP contribution in [0.1, 0.15) is 24.5 Å². The van der Waals surface area contributed by atoms with Crippen molar-refractivity contribution in [3.05, 3.63) is 16.1 Å². The number of aromatic nitrogens is 1. The summed E-state index contributed by atoms with van der Waals surface area (Å²) in [5, 5.41) is 13.1. The van der Waals surface area contributed by atoms with Crippen LogP contribution in [0.3, 0.4) is 0 Å². The lowest BCUT2D eigenvalue weighted by molar-refractivity contribution is 0.0166. The van der Waals surface area contributed by atoms with Crippen molar-refractivity contribution >= 4 is 11.3 Å². The van der Waals surface area contributed by atoms with Crippen LogP contribution in [0.4, 0.5) is 0 Å². The number of aryl methyl sites for hydroxylation is 1. The number of hydrogen-bond acceptors (Lipinski definition) is 5. The van der Waals surface area contributed by atoms with E-state index in [0.29, 0.717) is 0 Å². The minimum Gasteiger partial charge on any atom is -0.389 e. The van der Waals surface area contributed by atoms with E-state index in [9.17, 15) is 5.11 Å². The van der Waals surface area contributed by atoms with Gasteiger partial charge in [-0.25, -0.2) is 4.98 Å². The average Bonchev–Trinajstić information content (AvgIpc) is 2.65. The molecule has 1 saturated heterocycles. The normalized spacial score (nSPS) is 19.3. The summed E-state index contributed by atoms with van der Waals surface area (Å²) < 4.78 is 0. The molecule has 102 valence electrons. The van der Waals surface area contributed by atoms with Crippen molar-refractivity contribution in [2.45, 2.75) is 32.9 Å². The molecular formula is C13H23N3OS. The van der Waals surface area contributed by atoms with Crippen molar-refractivity contribution < 1.29 is 5.11 Å². The lowest BCUT2D eigenvalue weighted by Gasteiger charge is -2.36. The summed E-state index contributed by atoms with van der Waals surface area (Å²) in [6, 6.07) is 0. The van der Waals surface area contributed by atoms with E-state index in [1.165, 1.54) is 5.01 Å². The van der Waals surface area contributed by atoms with E-state index >= 15 is 0 Å². The van der Waals surface area contributed by atoms with Crippen molar-refractivity contribution in [1.82, 2.24) is 14.8 Å². The van der Waals surface area contributed by atoms with Crippen molar-refractivity contribution in [2.24, 2.45) is 0 Å². The highest BCUT2D eigenvalue weighted by Gasteiger charge is 2.22. The molecule has 0 radical (unpaired) electrons. The molecule has 1 aliphatic heterocycles. The first-order valence-electron chi connectivity index (χ1n) is 6.50. The van der Waals surface area contributed by atoms with E-state index in [2.05, 4.69) is 20.2 Å². The molecule has 0 spiro atoms. The van der Waals surface area contributed by atoms with Crippen molar-refractivity contribution in [2.75, 3.05) is 32.7 Å². The van der Waals surface area contributed by atoms with Gasteiger partial charge in [-0.1, -0.05) is 0 Å². The Morgan fingerprint density at radius 2 is 1.89 bits per heavy atom. The van der Waals surface area contributed by atoms with Crippen LogP contribution in [0.25, 0.3) is 0 Å². The molecular weight excluding hydrogens is 246 g/mol. The Hall–Kier alpha value is -0.490. The van der Waals surface area contributed by atoms with Gasteiger partial charge in [0.2, 0.25) is 0 Å². The molecule has 18 heavy (non-hydrogen) atoms. The van der Waals surface area contributed by atoms with Gasteiger partial charge in [-0.05, 0) is 20.8 Å². The minimum absolute atomic E-state index is 0.589. The maximum absolute atomic E-state index is 9.81. The van der Waals surface area contributed by atoms with Crippen molar-refractivity contribution in [3.8, 4) is 0 Å². The fourth-order valence-electron chi connectivity index (χ4n) is 2.32. The lowest BCUT2D eigenvalue weighted by atomic mass is 10.1. The van der Waals surface area contributed by atoms with Crippen LogP contribution in [0.5, 0.6) is 0 Å². The largest absolute Gasteiger partial charge is 0.389 e. The zero-order chi connectivity index (χ0) is 13.2. The van der Waals surface area contributed by atoms with E-state index in [1.807, 2.05) is 20.8 Å². The quantitative estimate of drug-likeness (QED) is 0.895. The highest BCUT2D eigenvalue weighted by atomic mass is 32.1. The van der Waals surface area contributed by atoms with Gasteiger partial charge in [0.05, 0.1) is 12.1 Å². The SMILES string of the molecule is Cc1csc(CN2CCN(CC(C)(C)O)CC2)n1. The van der Waals surface area contributed by atoms with E-state index in [0.717, 1.165) is 45.0 Å². The maximum atomic E-state index is 9.81. The molecule has 5 heteroatoms. The van der Waals surface area contributed by atoms with Crippen molar-refractivity contribution in [1.29, 1.82) is 0 Å². The highest BCUT2D eigenvalue weighted by molar-refractivity contribution is 7.09. The Balaban J connectivity index is 1.77. The number of nitrogens with zero attached hydrogens (tertiary/aromatic N) is 3.